The highest BCUT2D eigenvalue weighted by atomic mass is 79.9. The minimum atomic E-state index is -0.360. The first-order valence-corrected chi connectivity index (χ1v) is 6.27. The minimum absolute atomic E-state index is 0.0705. The molecule has 0 radical (unpaired) electrons. The summed E-state index contributed by atoms with van der Waals surface area (Å²) in [5.41, 5.74) is 0.438. The predicted molar refractivity (Wildman–Crippen MR) is 64.3 cm³/mol. The van der Waals surface area contributed by atoms with Crippen molar-refractivity contribution in [3.8, 4) is 0 Å². The number of benzene rings is 1. The van der Waals surface area contributed by atoms with E-state index >= 15 is 0 Å². The first-order valence-electron chi connectivity index (χ1n) is 5.36. The van der Waals surface area contributed by atoms with Gasteiger partial charge in [-0.25, -0.2) is 4.39 Å². The molecule has 1 aromatic rings. The number of piperidine rings is 1. The van der Waals surface area contributed by atoms with Gasteiger partial charge in [-0.2, -0.15) is 0 Å². The molecule has 1 aromatic carbocycles. The molecule has 0 atom stereocenters. The van der Waals surface area contributed by atoms with E-state index in [-0.39, 0.29) is 11.7 Å². The molecule has 0 unspecified atom stereocenters. The molecule has 0 N–H and O–H groups in total. The van der Waals surface area contributed by atoms with Crippen LogP contribution in [0.5, 0.6) is 0 Å². The van der Waals surface area contributed by atoms with E-state index in [1.54, 1.807) is 17.0 Å². The van der Waals surface area contributed by atoms with E-state index in [9.17, 15) is 9.18 Å². The fourth-order valence-electron chi connectivity index (χ4n) is 1.86. The van der Waals surface area contributed by atoms with Crippen LogP contribution in [0.25, 0.3) is 0 Å². The van der Waals surface area contributed by atoms with E-state index in [1.165, 1.54) is 12.1 Å². The maximum absolute atomic E-state index is 13.0. The predicted octanol–water partition coefficient (Wildman–Crippen LogP) is 2.83. The first-order chi connectivity index (χ1) is 7.66. The van der Waals surface area contributed by atoms with Gasteiger partial charge in [-0.05, 0) is 31.0 Å². The third kappa shape index (κ3) is 2.61. The van der Waals surface area contributed by atoms with Gasteiger partial charge >= 0.3 is 0 Å². The molecule has 0 aliphatic carbocycles. The van der Waals surface area contributed by atoms with Gasteiger partial charge in [0.1, 0.15) is 5.82 Å². The SMILES string of the molecule is O=C(c1cccc(F)c1)N1CCC(Br)CC1. The maximum Gasteiger partial charge on any atom is 0.253 e. The van der Waals surface area contributed by atoms with E-state index in [0.29, 0.717) is 10.4 Å². The number of alkyl halides is 1. The fourth-order valence-corrected chi connectivity index (χ4v) is 2.26. The van der Waals surface area contributed by atoms with E-state index < -0.39 is 0 Å². The summed E-state index contributed by atoms with van der Waals surface area (Å²) in [5.74, 6) is -0.430. The summed E-state index contributed by atoms with van der Waals surface area (Å²) in [4.78, 5) is 14.3. The maximum atomic E-state index is 13.0. The number of amides is 1. The van der Waals surface area contributed by atoms with Crippen molar-refractivity contribution in [2.45, 2.75) is 17.7 Å². The van der Waals surface area contributed by atoms with Gasteiger partial charge in [0, 0.05) is 23.5 Å². The van der Waals surface area contributed by atoms with Crippen LogP contribution in [-0.2, 0) is 0 Å². The summed E-state index contributed by atoms with van der Waals surface area (Å²) in [6.45, 7) is 1.48. The molecule has 0 saturated carbocycles. The van der Waals surface area contributed by atoms with Crippen LogP contribution in [0.4, 0.5) is 4.39 Å². The second kappa shape index (κ2) is 4.95. The second-order valence-corrected chi connectivity index (χ2v) is 5.27. The molecule has 4 heteroatoms. The lowest BCUT2D eigenvalue weighted by Crippen LogP contribution is -2.38. The quantitative estimate of drug-likeness (QED) is 0.727. The molecule has 1 aliphatic rings. The molecule has 1 fully saturated rings. The Bertz CT molecular complexity index is 388. The van der Waals surface area contributed by atoms with E-state index in [0.717, 1.165) is 25.9 Å². The van der Waals surface area contributed by atoms with Gasteiger partial charge in [0.25, 0.3) is 5.91 Å². The molecule has 0 bridgehead atoms. The van der Waals surface area contributed by atoms with Gasteiger partial charge in [0.05, 0.1) is 0 Å². The third-order valence-electron chi connectivity index (χ3n) is 2.78. The number of rotatable bonds is 1. The van der Waals surface area contributed by atoms with Crippen molar-refractivity contribution in [1.82, 2.24) is 4.90 Å². The van der Waals surface area contributed by atoms with E-state index in [4.69, 9.17) is 0 Å². The van der Waals surface area contributed by atoms with Crippen molar-refractivity contribution in [3.63, 3.8) is 0 Å². The summed E-state index contributed by atoms with van der Waals surface area (Å²) >= 11 is 3.53. The molecule has 2 rings (SSSR count). The molecule has 0 spiro atoms. The summed E-state index contributed by atoms with van der Waals surface area (Å²) in [6.07, 6.45) is 1.92. The average molecular weight is 286 g/mol. The van der Waals surface area contributed by atoms with Crippen LogP contribution in [0.1, 0.15) is 23.2 Å². The topological polar surface area (TPSA) is 20.3 Å². The van der Waals surface area contributed by atoms with Crippen molar-refractivity contribution in [3.05, 3.63) is 35.6 Å². The molecule has 0 aromatic heterocycles. The zero-order chi connectivity index (χ0) is 11.5. The fraction of sp³-hybridized carbons (Fsp3) is 0.417. The van der Waals surface area contributed by atoms with Crippen molar-refractivity contribution in [1.29, 1.82) is 0 Å². The van der Waals surface area contributed by atoms with Gasteiger partial charge in [-0.1, -0.05) is 22.0 Å². The van der Waals surface area contributed by atoms with Crippen LogP contribution in [-0.4, -0.2) is 28.7 Å². The highest BCUT2D eigenvalue weighted by Gasteiger charge is 2.22. The smallest absolute Gasteiger partial charge is 0.253 e. The van der Waals surface area contributed by atoms with Crippen LogP contribution in [0.2, 0.25) is 0 Å². The normalized spacial score (nSPS) is 17.5. The monoisotopic (exact) mass is 285 g/mol. The van der Waals surface area contributed by atoms with Crippen molar-refractivity contribution in [2.24, 2.45) is 0 Å². The van der Waals surface area contributed by atoms with Gasteiger partial charge in [-0.3, -0.25) is 4.79 Å². The Hall–Kier alpha value is -0.900. The lowest BCUT2D eigenvalue weighted by atomic mass is 10.1. The molecular weight excluding hydrogens is 273 g/mol. The zero-order valence-electron chi connectivity index (χ0n) is 8.83. The Kier molecular flexibility index (Phi) is 3.59. The van der Waals surface area contributed by atoms with Gasteiger partial charge in [0.15, 0.2) is 0 Å². The summed E-state index contributed by atoms with van der Waals surface area (Å²) in [6, 6.07) is 5.87. The zero-order valence-corrected chi connectivity index (χ0v) is 10.4. The minimum Gasteiger partial charge on any atom is -0.339 e. The Balaban J connectivity index is 2.08. The largest absolute Gasteiger partial charge is 0.339 e. The van der Waals surface area contributed by atoms with Crippen molar-refractivity contribution < 1.29 is 9.18 Å². The molecule has 1 aliphatic heterocycles. The Morgan fingerprint density at radius 2 is 2.06 bits per heavy atom. The Morgan fingerprint density at radius 1 is 1.38 bits per heavy atom. The molecule has 1 saturated heterocycles. The van der Waals surface area contributed by atoms with Crippen LogP contribution in [0.3, 0.4) is 0 Å². The number of hydrogen-bond donors (Lipinski definition) is 0. The Labute approximate surface area is 103 Å². The van der Waals surface area contributed by atoms with Crippen LogP contribution < -0.4 is 0 Å². The second-order valence-electron chi connectivity index (χ2n) is 3.98. The number of halogens is 2. The van der Waals surface area contributed by atoms with Crippen molar-refractivity contribution >= 4 is 21.8 Å². The lowest BCUT2D eigenvalue weighted by Gasteiger charge is -2.29. The van der Waals surface area contributed by atoms with Crippen LogP contribution in [0.15, 0.2) is 24.3 Å². The standard InChI is InChI=1S/C12H13BrFNO/c13-10-4-6-15(7-5-10)12(16)9-2-1-3-11(14)8-9/h1-3,8,10H,4-7H2. The van der Waals surface area contributed by atoms with Crippen molar-refractivity contribution in [2.75, 3.05) is 13.1 Å². The van der Waals surface area contributed by atoms with Crippen LogP contribution in [0, 0.1) is 5.82 Å². The lowest BCUT2D eigenvalue weighted by molar-refractivity contribution is 0.0728. The van der Waals surface area contributed by atoms with E-state index in [2.05, 4.69) is 15.9 Å². The Morgan fingerprint density at radius 3 is 2.69 bits per heavy atom. The van der Waals surface area contributed by atoms with Crippen LogP contribution >= 0.6 is 15.9 Å². The van der Waals surface area contributed by atoms with Gasteiger partial charge < -0.3 is 4.90 Å². The highest BCUT2D eigenvalue weighted by molar-refractivity contribution is 9.09. The van der Waals surface area contributed by atoms with Gasteiger partial charge in [0.2, 0.25) is 0 Å². The summed E-state index contributed by atoms with van der Waals surface area (Å²) in [5, 5.41) is 0. The van der Waals surface area contributed by atoms with E-state index in [1.807, 2.05) is 0 Å². The number of carbonyl (C=O) groups is 1. The molecule has 1 amide bonds. The number of carbonyl (C=O) groups excluding carboxylic acids is 1. The molecule has 86 valence electrons. The molecule has 1 heterocycles. The van der Waals surface area contributed by atoms with Gasteiger partial charge in [-0.15, -0.1) is 0 Å². The summed E-state index contributed by atoms with van der Waals surface area (Å²) < 4.78 is 13.0. The number of hydrogen-bond acceptors (Lipinski definition) is 1. The molecular formula is C12H13BrFNO. The number of nitrogens with zero attached hydrogens (tertiary/aromatic N) is 1. The molecule has 16 heavy (non-hydrogen) atoms. The third-order valence-corrected chi connectivity index (χ3v) is 3.70. The summed E-state index contributed by atoms with van der Waals surface area (Å²) in [7, 11) is 0. The highest BCUT2D eigenvalue weighted by Crippen LogP contribution is 2.19. The molecule has 2 nitrogen and oxygen atoms in total. The first kappa shape index (κ1) is 11.6. The number of likely N-dealkylation sites (tertiary alicyclic amines) is 1. The average Bonchev–Trinajstić information content (AvgIpc) is 2.29.